The number of rotatable bonds is 2. The molecule has 0 spiro atoms. The lowest BCUT2D eigenvalue weighted by molar-refractivity contribution is -0.134. The lowest BCUT2D eigenvalue weighted by atomic mass is 10.1. The van der Waals surface area contributed by atoms with Crippen molar-refractivity contribution in [1.82, 2.24) is 14.9 Å². The third-order valence-electron chi connectivity index (χ3n) is 3.92. The van der Waals surface area contributed by atoms with Crippen molar-refractivity contribution in [1.29, 1.82) is 0 Å². The van der Waals surface area contributed by atoms with Crippen molar-refractivity contribution < 1.29 is 14.6 Å². The maximum Gasteiger partial charge on any atom is 0.248 e. The summed E-state index contributed by atoms with van der Waals surface area (Å²) in [6, 6.07) is 0. The van der Waals surface area contributed by atoms with Crippen LogP contribution in [0.2, 0.25) is 10.0 Å². The molecule has 22 heavy (non-hydrogen) atoms. The van der Waals surface area contributed by atoms with Crippen LogP contribution in [-0.4, -0.2) is 52.7 Å². The normalized spacial score (nSPS) is 14.8. The van der Waals surface area contributed by atoms with Gasteiger partial charge in [0.15, 0.2) is 0 Å². The second kappa shape index (κ2) is 5.95. The van der Waals surface area contributed by atoms with Gasteiger partial charge in [0.1, 0.15) is 11.6 Å². The summed E-state index contributed by atoms with van der Waals surface area (Å²) >= 11 is 12.4. The number of aromatic amines is 1. The minimum Gasteiger partial charge on any atom is -0.480 e. The molecule has 2 N–H and O–H groups in total. The number of H-pyrrole nitrogens is 1. The number of fused-ring (bicyclic) bond motifs is 3. The minimum atomic E-state index is -0.470. The van der Waals surface area contributed by atoms with Gasteiger partial charge in [-0.25, -0.2) is 4.98 Å². The fraction of sp³-hybridized carbons (Fsp3) is 0.429. The number of carbonyl (C=O) groups is 1. The summed E-state index contributed by atoms with van der Waals surface area (Å²) < 4.78 is 5.16. The number of amides is 1. The molecule has 1 aliphatic rings. The molecule has 3 heterocycles. The molecule has 118 valence electrons. The van der Waals surface area contributed by atoms with E-state index in [1.165, 1.54) is 7.11 Å². The Morgan fingerprint density at radius 1 is 1.36 bits per heavy atom. The summed E-state index contributed by atoms with van der Waals surface area (Å²) in [5.41, 5.74) is 3.42. The first-order chi connectivity index (χ1) is 10.6. The molecule has 2 aromatic rings. The van der Waals surface area contributed by atoms with Gasteiger partial charge in [-0.1, -0.05) is 23.2 Å². The van der Waals surface area contributed by atoms with Crippen LogP contribution in [0, 0.1) is 0 Å². The number of nitrogens with zero attached hydrogens (tertiary/aromatic N) is 2. The molecule has 0 aromatic carbocycles. The van der Waals surface area contributed by atoms with E-state index in [2.05, 4.69) is 9.97 Å². The molecular weight excluding hydrogens is 329 g/mol. The second-order valence-electron chi connectivity index (χ2n) is 5.09. The molecule has 6 nitrogen and oxygen atoms in total. The second-order valence-corrected chi connectivity index (χ2v) is 5.85. The van der Waals surface area contributed by atoms with Crippen LogP contribution in [0.1, 0.15) is 11.3 Å². The van der Waals surface area contributed by atoms with Gasteiger partial charge >= 0.3 is 0 Å². The molecular formula is C14H15Cl2N3O3. The van der Waals surface area contributed by atoms with Gasteiger partial charge in [0.05, 0.1) is 23.2 Å². The lowest BCUT2D eigenvalue weighted by Gasteiger charge is -2.18. The van der Waals surface area contributed by atoms with E-state index < -0.39 is 6.61 Å². The van der Waals surface area contributed by atoms with Crippen LogP contribution in [0.25, 0.3) is 11.0 Å². The zero-order valence-electron chi connectivity index (χ0n) is 11.9. The van der Waals surface area contributed by atoms with E-state index >= 15 is 0 Å². The average molecular weight is 344 g/mol. The molecule has 0 unspecified atom stereocenters. The van der Waals surface area contributed by atoms with E-state index in [1.807, 2.05) is 0 Å². The number of carbonyl (C=O) groups excluding carboxylic acids is 1. The van der Waals surface area contributed by atoms with Crippen LogP contribution in [0.5, 0.6) is 5.88 Å². The minimum absolute atomic E-state index is 0.263. The van der Waals surface area contributed by atoms with Crippen LogP contribution in [0.4, 0.5) is 0 Å². The summed E-state index contributed by atoms with van der Waals surface area (Å²) in [5, 5.41) is 9.66. The first-order valence-corrected chi connectivity index (χ1v) is 7.63. The van der Waals surface area contributed by atoms with Crippen LogP contribution >= 0.6 is 23.2 Å². The predicted molar refractivity (Wildman–Crippen MR) is 83.7 cm³/mol. The van der Waals surface area contributed by atoms with E-state index in [4.69, 9.17) is 33.0 Å². The van der Waals surface area contributed by atoms with Gasteiger partial charge < -0.3 is 19.7 Å². The highest BCUT2D eigenvalue weighted by Gasteiger charge is 2.24. The third kappa shape index (κ3) is 2.41. The first-order valence-electron chi connectivity index (χ1n) is 6.87. The molecule has 0 aliphatic carbocycles. The zero-order chi connectivity index (χ0) is 15.9. The van der Waals surface area contributed by atoms with Gasteiger partial charge in [-0.05, 0) is 6.42 Å². The number of aromatic nitrogens is 2. The Balaban J connectivity index is 2.05. The summed E-state index contributed by atoms with van der Waals surface area (Å²) in [6.45, 7) is 0.605. The van der Waals surface area contributed by atoms with E-state index in [1.54, 1.807) is 4.90 Å². The van der Waals surface area contributed by atoms with Crippen molar-refractivity contribution in [3.8, 4) is 5.88 Å². The van der Waals surface area contributed by atoms with E-state index in [-0.39, 0.29) is 16.8 Å². The molecule has 1 amide bonds. The van der Waals surface area contributed by atoms with Crippen molar-refractivity contribution in [2.75, 3.05) is 26.8 Å². The number of hydrogen-bond acceptors (Lipinski definition) is 4. The number of halogens is 2. The summed E-state index contributed by atoms with van der Waals surface area (Å²) in [5.74, 6) is 0.0228. The Hall–Kier alpha value is -1.50. The lowest BCUT2D eigenvalue weighted by Crippen LogP contribution is -2.35. The van der Waals surface area contributed by atoms with Crippen molar-refractivity contribution in [2.45, 2.75) is 12.8 Å². The number of aliphatic hydroxyl groups excluding tert-OH is 1. The first kappa shape index (κ1) is 15.4. The van der Waals surface area contributed by atoms with Crippen molar-refractivity contribution in [3.05, 3.63) is 21.3 Å². The standard InChI is InChI=1S/C14H15Cl2N3O3/c1-22-14-11(16)10(15)13-12(18-14)7-2-4-19(9(21)6-20)5-3-8(7)17-13/h17,20H,2-6H2,1H3. The van der Waals surface area contributed by atoms with Crippen molar-refractivity contribution in [3.63, 3.8) is 0 Å². The van der Waals surface area contributed by atoms with E-state index in [9.17, 15) is 4.79 Å². The summed E-state index contributed by atoms with van der Waals surface area (Å²) in [7, 11) is 1.49. The summed E-state index contributed by atoms with van der Waals surface area (Å²) in [4.78, 5) is 21.0. The number of nitrogens with one attached hydrogen (secondary N) is 1. The maximum atomic E-state index is 11.6. The smallest absolute Gasteiger partial charge is 0.248 e. The molecule has 0 bridgehead atoms. The molecule has 0 atom stereocenters. The van der Waals surface area contributed by atoms with Crippen molar-refractivity contribution >= 4 is 40.1 Å². The Morgan fingerprint density at radius 2 is 2.09 bits per heavy atom. The largest absolute Gasteiger partial charge is 0.480 e. The number of pyridine rings is 1. The highest BCUT2D eigenvalue weighted by molar-refractivity contribution is 6.45. The van der Waals surface area contributed by atoms with Gasteiger partial charge in [0, 0.05) is 30.8 Å². The fourth-order valence-corrected chi connectivity index (χ4v) is 3.22. The highest BCUT2D eigenvalue weighted by Crippen LogP contribution is 2.38. The average Bonchev–Trinajstić information content (AvgIpc) is 2.74. The Kier molecular flexibility index (Phi) is 4.16. The number of hydrogen-bond donors (Lipinski definition) is 2. The van der Waals surface area contributed by atoms with Crippen LogP contribution in [0.15, 0.2) is 0 Å². The quantitative estimate of drug-likeness (QED) is 0.871. The third-order valence-corrected chi connectivity index (χ3v) is 4.75. The summed E-state index contributed by atoms with van der Waals surface area (Å²) in [6.07, 6.45) is 1.28. The van der Waals surface area contributed by atoms with Crippen LogP contribution in [-0.2, 0) is 17.6 Å². The maximum absolute atomic E-state index is 11.6. The molecule has 2 aromatic heterocycles. The fourth-order valence-electron chi connectivity index (χ4n) is 2.79. The topological polar surface area (TPSA) is 78.5 Å². The molecule has 8 heteroatoms. The highest BCUT2D eigenvalue weighted by atomic mass is 35.5. The Bertz CT molecular complexity index is 745. The van der Waals surface area contributed by atoms with E-state index in [0.717, 1.165) is 16.8 Å². The Labute approximate surface area is 137 Å². The van der Waals surface area contributed by atoms with Crippen molar-refractivity contribution in [2.24, 2.45) is 0 Å². The number of methoxy groups -OCH3 is 1. The molecule has 0 saturated heterocycles. The molecule has 1 aliphatic heterocycles. The van der Waals surface area contributed by atoms with Gasteiger partial charge in [-0.3, -0.25) is 4.79 Å². The molecule has 0 fully saturated rings. The Morgan fingerprint density at radius 3 is 2.77 bits per heavy atom. The SMILES string of the molecule is COc1nc2c3c([nH]c2c(Cl)c1Cl)CCN(C(=O)CO)CC3. The molecule has 0 radical (unpaired) electrons. The predicted octanol–water partition coefficient (Wildman–Crippen LogP) is 1.80. The number of ether oxygens (including phenoxy) is 1. The van der Waals surface area contributed by atoms with Gasteiger partial charge in [-0.15, -0.1) is 0 Å². The monoisotopic (exact) mass is 343 g/mol. The van der Waals surface area contributed by atoms with E-state index in [0.29, 0.717) is 36.5 Å². The van der Waals surface area contributed by atoms with Gasteiger partial charge in [0.25, 0.3) is 0 Å². The molecule has 0 saturated carbocycles. The van der Waals surface area contributed by atoms with Gasteiger partial charge in [0.2, 0.25) is 11.8 Å². The zero-order valence-corrected chi connectivity index (χ0v) is 13.5. The molecule has 3 rings (SSSR count). The van der Waals surface area contributed by atoms with Crippen LogP contribution in [0.3, 0.4) is 0 Å². The number of aliphatic hydroxyl groups is 1. The van der Waals surface area contributed by atoms with Gasteiger partial charge in [-0.2, -0.15) is 0 Å². The van der Waals surface area contributed by atoms with Crippen LogP contribution < -0.4 is 4.74 Å².